The highest BCUT2D eigenvalue weighted by molar-refractivity contribution is 5.97. The van der Waals surface area contributed by atoms with Crippen LogP contribution in [0.5, 0.6) is 5.75 Å². The number of amidine groups is 1. The van der Waals surface area contributed by atoms with E-state index < -0.39 is 12.1 Å². The Morgan fingerprint density at radius 2 is 1.87 bits per heavy atom. The first-order chi connectivity index (χ1) is 14.5. The average Bonchev–Trinajstić information content (AvgIpc) is 3.06. The van der Waals surface area contributed by atoms with Gasteiger partial charge in [-0.1, -0.05) is 45.0 Å². The van der Waals surface area contributed by atoms with Crippen LogP contribution in [0.3, 0.4) is 0 Å². The summed E-state index contributed by atoms with van der Waals surface area (Å²) >= 11 is 0. The summed E-state index contributed by atoms with van der Waals surface area (Å²) in [5.41, 5.74) is 8.07. The van der Waals surface area contributed by atoms with Crippen LogP contribution in [-0.4, -0.2) is 42.3 Å². The molecule has 1 aliphatic heterocycles. The minimum atomic E-state index is -0.833. The van der Waals surface area contributed by atoms with Crippen molar-refractivity contribution in [1.29, 1.82) is 5.41 Å². The summed E-state index contributed by atoms with van der Waals surface area (Å²) < 4.78 is 11.2. The number of nitrogens with one attached hydrogen (secondary N) is 1. The Hall–Kier alpha value is -3.55. The Labute approximate surface area is 182 Å². The van der Waals surface area contributed by atoms with E-state index in [1.165, 1.54) is 10.5 Å². The van der Waals surface area contributed by atoms with Crippen molar-refractivity contribution in [2.75, 3.05) is 18.1 Å². The molecule has 2 aromatic carbocycles. The molecule has 1 atom stereocenters. The SMILES string of the molecule is CC(=O)O.CC(C)(C)c1ccc(OCC2CN(c3cccc(C(=N)N)c3)C(=O)O2)cc1. The number of carbonyl (C=O) groups is 2. The number of rotatable bonds is 5. The molecule has 0 spiro atoms. The zero-order valence-electron chi connectivity index (χ0n) is 18.2. The first kappa shape index (κ1) is 23.7. The zero-order valence-corrected chi connectivity index (χ0v) is 18.2. The van der Waals surface area contributed by atoms with Gasteiger partial charge in [-0.15, -0.1) is 0 Å². The van der Waals surface area contributed by atoms with Crippen molar-refractivity contribution >= 4 is 23.6 Å². The molecular weight excluding hydrogens is 398 g/mol. The summed E-state index contributed by atoms with van der Waals surface area (Å²) in [7, 11) is 0. The third-order valence-electron chi connectivity index (χ3n) is 4.50. The molecule has 1 aliphatic rings. The van der Waals surface area contributed by atoms with Crippen LogP contribution in [0, 0.1) is 5.41 Å². The number of benzene rings is 2. The number of anilines is 1. The molecule has 31 heavy (non-hydrogen) atoms. The fraction of sp³-hybridized carbons (Fsp3) is 0.348. The van der Waals surface area contributed by atoms with Crippen LogP contribution in [0.15, 0.2) is 48.5 Å². The summed E-state index contributed by atoms with van der Waals surface area (Å²) in [5, 5.41) is 14.9. The summed E-state index contributed by atoms with van der Waals surface area (Å²) in [5.74, 6) is -0.126. The molecule has 1 saturated heterocycles. The van der Waals surface area contributed by atoms with Gasteiger partial charge in [-0.2, -0.15) is 0 Å². The largest absolute Gasteiger partial charge is 0.490 e. The molecule has 0 aliphatic carbocycles. The molecule has 1 amide bonds. The fourth-order valence-corrected chi connectivity index (χ4v) is 2.90. The number of carboxylic acid groups (broad SMARTS) is 1. The zero-order chi connectivity index (χ0) is 23.2. The smallest absolute Gasteiger partial charge is 0.414 e. The number of carboxylic acids is 1. The van der Waals surface area contributed by atoms with Crippen LogP contribution in [0.1, 0.15) is 38.8 Å². The Kier molecular flexibility index (Phi) is 7.63. The van der Waals surface area contributed by atoms with Gasteiger partial charge in [0.25, 0.3) is 5.97 Å². The normalized spacial score (nSPS) is 15.5. The lowest BCUT2D eigenvalue weighted by Gasteiger charge is -2.19. The number of carbonyl (C=O) groups excluding carboxylic acids is 1. The lowest BCUT2D eigenvalue weighted by molar-refractivity contribution is -0.134. The van der Waals surface area contributed by atoms with Crippen molar-refractivity contribution in [3.05, 3.63) is 59.7 Å². The summed E-state index contributed by atoms with van der Waals surface area (Å²) in [6.45, 7) is 8.24. The van der Waals surface area contributed by atoms with Crippen molar-refractivity contribution in [1.82, 2.24) is 0 Å². The second kappa shape index (κ2) is 9.97. The van der Waals surface area contributed by atoms with Crippen LogP contribution in [0.25, 0.3) is 0 Å². The van der Waals surface area contributed by atoms with Crippen LogP contribution in [0.4, 0.5) is 10.5 Å². The van der Waals surface area contributed by atoms with Gasteiger partial charge in [0.05, 0.1) is 6.54 Å². The Balaban J connectivity index is 0.000000785. The molecule has 2 aromatic rings. The molecule has 0 saturated carbocycles. The van der Waals surface area contributed by atoms with Gasteiger partial charge in [0.1, 0.15) is 18.2 Å². The molecule has 8 nitrogen and oxygen atoms in total. The van der Waals surface area contributed by atoms with Gasteiger partial charge in [0.2, 0.25) is 0 Å². The van der Waals surface area contributed by atoms with Gasteiger partial charge >= 0.3 is 6.09 Å². The maximum Gasteiger partial charge on any atom is 0.414 e. The minimum absolute atomic E-state index is 0.0389. The predicted molar refractivity (Wildman–Crippen MR) is 119 cm³/mol. The predicted octanol–water partition coefficient (Wildman–Crippen LogP) is 3.76. The van der Waals surface area contributed by atoms with E-state index in [9.17, 15) is 4.79 Å². The van der Waals surface area contributed by atoms with E-state index in [0.29, 0.717) is 17.8 Å². The number of nitrogens with zero attached hydrogens (tertiary/aromatic N) is 1. The highest BCUT2D eigenvalue weighted by atomic mass is 16.6. The maximum atomic E-state index is 12.2. The second-order valence-electron chi connectivity index (χ2n) is 8.18. The van der Waals surface area contributed by atoms with Crippen LogP contribution >= 0.6 is 0 Å². The fourth-order valence-electron chi connectivity index (χ4n) is 2.90. The molecule has 1 fully saturated rings. The first-order valence-corrected chi connectivity index (χ1v) is 9.83. The molecule has 4 N–H and O–H groups in total. The first-order valence-electron chi connectivity index (χ1n) is 9.83. The molecule has 8 heteroatoms. The molecule has 0 bridgehead atoms. The molecule has 1 unspecified atom stereocenters. The number of hydrogen-bond donors (Lipinski definition) is 3. The number of nitrogen functional groups attached to an aromatic ring is 1. The molecule has 0 aromatic heterocycles. The maximum absolute atomic E-state index is 12.2. The van der Waals surface area contributed by atoms with Gasteiger partial charge < -0.3 is 20.3 Å². The number of cyclic esters (lactones) is 1. The number of aliphatic carboxylic acids is 1. The second-order valence-corrected chi connectivity index (χ2v) is 8.18. The number of ether oxygens (including phenoxy) is 2. The van der Waals surface area contributed by atoms with Gasteiger partial charge in [-0.25, -0.2) is 4.79 Å². The molecule has 1 heterocycles. The number of amides is 1. The van der Waals surface area contributed by atoms with Crippen molar-refractivity contribution in [2.24, 2.45) is 5.73 Å². The minimum Gasteiger partial charge on any atom is -0.490 e. The summed E-state index contributed by atoms with van der Waals surface area (Å²) in [6, 6.07) is 15.0. The van der Waals surface area contributed by atoms with E-state index in [0.717, 1.165) is 12.7 Å². The Bertz CT molecular complexity index is 931. The average molecular weight is 428 g/mol. The van der Waals surface area contributed by atoms with E-state index >= 15 is 0 Å². The van der Waals surface area contributed by atoms with Crippen molar-refractivity contribution in [2.45, 2.75) is 39.2 Å². The van der Waals surface area contributed by atoms with Crippen LogP contribution in [-0.2, 0) is 14.9 Å². The topological polar surface area (TPSA) is 126 Å². The quantitative estimate of drug-likeness (QED) is 0.493. The van der Waals surface area contributed by atoms with E-state index in [4.69, 9.17) is 30.5 Å². The van der Waals surface area contributed by atoms with E-state index in [1.807, 2.05) is 12.1 Å². The highest BCUT2D eigenvalue weighted by Crippen LogP contribution is 2.26. The van der Waals surface area contributed by atoms with Gasteiger partial charge in [-0.3, -0.25) is 15.1 Å². The number of nitrogens with two attached hydrogens (primary N) is 1. The lowest BCUT2D eigenvalue weighted by atomic mass is 9.87. The molecule has 3 rings (SSSR count). The third kappa shape index (κ3) is 7.02. The van der Waals surface area contributed by atoms with Gasteiger partial charge in [0, 0.05) is 18.2 Å². The van der Waals surface area contributed by atoms with Crippen LogP contribution in [0.2, 0.25) is 0 Å². The van der Waals surface area contributed by atoms with Gasteiger partial charge in [0.15, 0.2) is 6.10 Å². The Morgan fingerprint density at radius 1 is 1.26 bits per heavy atom. The van der Waals surface area contributed by atoms with E-state index in [-0.39, 0.29) is 24.0 Å². The standard InChI is InChI=1S/C21H25N3O3.C2H4O2/c1-21(2,3)15-7-9-17(10-8-15)26-13-18-12-24(20(25)27-18)16-6-4-5-14(11-16)19(22)23;1-2(3)4/h4-11,18H,12-13H2,1-3H3,(H3,22,23);1H3,(H,3,4). The van der Waals surface area contributed by atoms with E-state index in [1.54, 1.807) is 24.3 Å². The third-order valence-corrected chi connectivity index (χ3v) is 4.50. The Morgan fingerprint density at radius 3 is 2.42 bits per heavy atom. The van der Waals surface area contributed by atoms with Crippen molar-refractivity contribution in [3.8, 4) is 5.75 Å². The molecule has 0 radical (unpaired) electrons. The van der Waals surface area contributed by atoms with Gasteiger partial charge in [-0.05, 0) is 35.2 Å². The highest BCUT2D eigenvalue weighted by Gasteiger charge is 2.33. The van der Waals surface area contributed by atoms with Crippen LogP contribution < -0.4 is 15.4 Å². The number of hydrogen-bond acceptors (Lipinski definition) is 5. The lowest BCUT2D eigenvalue weighted by Crippen LogP contribution is -2.27. The van der Waals surface area contributed by atoms with Crippen molar-refractivity contribution in [3.63, 3.8) is 0 Å². The molecule has 166 valence electrons. The summed E-state index contributed by atoms with van der Waals surface area (Å²) in [6.07, 6.45) is -0.784. The molecular formula is C23H29N3O5. The summed E-state index contributed by atoms with van der Waals surface area (Å²) in [4.78, 5) is 22.7. The van der Waals surface area contributed by atoms with Crippen molar-refractivity contribution < 1.29 is 24.2 Å². The monoisotopic (exact) mass is 427 g/mol. The van der Waals surface area contributed by atoms with E-state index in [2.05, 4.69) is 32.9 Å².